The van der Waals surface area contributed by atoms with Gasteiger partial charge in [-0.25, -0.2) is 9.98 Å². The lowest BCUT2D eigenvalue weighted by molar-refractivity contribution is 0.481. The van der Waals surface area contributed by atoms with E-state index in [0.29, 0.717) is 6.54 Å². The molecule has 0 aliphatic rings. The van der Waals surface area contributed by atoms with Crippen LogP contribution in [0.1, 0.15) is 17.5 Å². The maximum Gasteiger partial charge on any atom is 0.194 e. The second kappa shape index (κ2) is 10.4. The summed E-state index contributed by atoms with van der Waals surface area (Å²) in [4.78, 5) is 14.6. The van der Waals surface area contributed by atoms with Crippen molar-refractivity contribution in [3.63, 3.8) is 0 Å². The van der Waals surface area contributed by atoms with Gasteiger partial charge in [0.1, 0.15) is 0 Å². The van der Waals surface area contributed by atoms with E-state index in [1.165, 1.54) is 4.88 Å². The molecule has 0 radical (unpaired) electrons. The molecule has 134 valence electrons. The Balaban J connectivity index is 0.00000288. The molecule has 5 nitrogen and oxygen atoms in total. The zero-order valence-electron chi connectivity index (χ0n) is 14.2. The van der Waals surface area contributed by atoms with E-state index in [1.54, 1.807) is 22.7 Å². The Hall–Kier alpha value is -0.580. The summed E-state index contributed by atoms with van der Waals surface area (Å²) in [6, 6.07) is 3.98. The first-order chi connectivity index (χ1) is 11.0. The Morgan fingerprint density at radius 1 is 1.33 bits per heavy atom. The van der Waals surface area contributed by atoms with Gasteiger partial charge in [-0.1, -0.05) is 11.6 Å². The van der Waals surface area contributed by atoms with Gasteiger partial charge < -0.3 is 15.1 Å². The van der Waals surface area contributed by atoms with E-state index < -0.39 is 0 Å². The highest BCUT2D eigenvalue weighted by atomic mass is 127. The second-order valence-corrected chi connectivity index (χ2v) is 7.88. The smallest absolute Gasteiger partial charge is 0.194 e. The lowest BCUT2D eigenvalue weighted by Crippen LogP contribution is -2.38. The quantitative estimate of drug-likeness (QED) is 0.369. The fraction of sp³-hybridized carbons (Fsp3) is 0.467. The van der Waals surface area contributed by atoms with Crippen molar-refractivity contribution in [3.8, 4) is 0 Å². The first kappa shape index (κ1) is 21.5. The van der Waals surface area contributed by atoms with Crippen LogP contribution >= 0.6 is 58.3 Å². The number of anilines is 1. The van der Waals surface area contributed by atoms with Crippen molar-refractivity contribution in [2.75, 3.05) is 32.6 Å². The fourth-order valence-electron chi connectivity index (χ4n) is 1.95. The van der Waals surface area contributed by atoms with Gasteiger partial charge >= 0.3 is 0 Å². The largest absolute Gasteiger partial charge is 0.357 e. The minimum Gasteiger partial charge on any atom is -0.357 e. The van der Waals surface area contributed by atoms with E-state index in [4.69, 9.17) is 11.6 Å². The van der Waals surface area contributed by atoms with E-state index in [-0.39, 0.29) is 24.0 Å². The number of aromatic nitrogens is 1. The van der Waals surface area contributed by atoms with E-state index in [0.717, 1.165) is 34.2 Å². The number of thiazole rings is 1. The number of nitrogens with zero attached hydrogens (tertiary/aromatic N) is 4. The minimum atomic E-state index is 0. The molecule has 0 unspecified atom stereocenters. The van der Waals surface area contributed by atoms with Gasteiger partial charge in [-0.15, -0.1) is 46.7 Å². The van der Waals surface area contributed by atoms with Crippen LogP contribution in [0.2, 0.25) is 4.34 Å². The Labute approximate surface area is 173 Å². The van der Waals surface area contributed by atoms with Crippen molar-refractivity contribution < 1.29 is 0 Å². The highest BCUT2D eigenvalue weighted by Gasteiger charge is 2.09. The lowest BCUT2D eigenvalue weighted by Gasteiger charge is -2.21. The number of aliphatic imine (C=N–C) groups is 1. The number of guanidine groups is 1. The Morgan fingerprint density at radius 3 is 2.62 bits per heavy atom. The fourth-order valence-corrected chi connectivity index (χ4v) is 3.84. The van der Waals surface area contributed by atoms with Gasteiger partial charge in [0, 0.05) is 37.9 Å². The zero-order valence-corrected chi connectivity index (χ0v) is 19.0. The standard InChI is InChI=1S/C15H22ClN5S2.HI/c1-5-17-14(21(4)9-12-6-7-13(16)23-12)18-8-11-10-22-15(19-11)20(2)3;/h6-7,10H,5,8-9H2,1-4H3,(H,17,18);1H. The molecular formula is C15H23ClIN5S2. The van der Waals surface area contributed by atoms with Crippen LogP contribution in [-0.4, -0.2) is 43.5 Å². The maximum atomic E-state index is 6.00. The summed E-state index contributed by atoms with van der Waals surface area (Å²) in [5, 5.41) is 6.38. The van der Waals surface area contributed by atoms with Crippen LogP contribution in [0, 0.1) is 0 Å². The number of hydrogen-bond acceptors (Lipinski definition) is 5. The van der Waals surface area contributed by atoms with Gasteiger partial charge in [-0.3, -0.25) is 0 Å². The first-order valence-corrected chi connectivity index (χ1v) is 9.42. The summed E-state index contributed by atoms with van der Waals surface area (Å²) in [5.41, 5.74) is 0.988. The highest BCUT2D eigenvalue weighted by Crippen LogP contribution is 2.22. The second-order valence-electron chi connectivity index (χ2n) is 5.25. The van der Waals surface area contributed by atoms with Crippen molar-refractivity contribution in [1.82, 2.24) is 15.2 Å². The monoisotopic (exact) mass is 499 g/mol. The van der Waals surface area contributed by atoms with Gasteiger partial charge in [0.05, 0.1) is 23.1 Å². The summed E-state index contributed by atoms with van der Waals surface area (Å²) in [7, 11) is 6.02. The summed E-state index contributed by atoms with van der Waals surface area (Å²) in [6.45, 7) is 4.25. The molecule has 9 heteroatoms. The topological polar surface area (TPSA) is 43.8 Å². The van der Waals surface area contributed by atoms with Gasteiger partial charge in [-0.05, 0) is 19.1 Å². The molecule has 0 saturated carbocycles. The molecule has 0 fully saturated rings. The summed E-state index contributed by atoms with van der Waals surface area (Å²) < 4.78 is 0.814. The van der Waals surface area contributed by atoms with Crippen molar-refractivity contribution in [1.29, 1.82) is 0 Å². The third kappa shape index (κ3) is 6.38. The number of hydrogen-bond donors (Lipinski definition) is 1. The van der Waals surface area contributed by atoms with Crippen molar-refractivity contribution in [3.05, 3.63) is 32.4 Å². The van der Waals surface area contributed by atoms with Crippen molar-refractivity contribution >= 4 is 69.3 Å². The van der Waals surface area contributed by atoms with Crippen LogP contribution in [0.25, 0.3) is 0 Å². The SMILES string of the molecule is CCNC(=NCc1csc(N(C)C)n1)N(C)Cc1ccc(Cl)s1.I. The van der Waals surface area contributed by atoms with Crippen LogP contribution in [-0.2, 0) is 13.1 Å². The summed E-state index contributed by atoms with van der Waals surface area (Å²) in [5.74, 6) is 0.872. The molecule has 0 saturated heterocycles. The summed E-state index contributed by atoms with van der Waals surface area (Å²) in [6.07, 6.45) is 0. The minimum absolute atomic E-state index is 0. The molecule has 0 atom stereocenters. The summed E-state index contributed by atoms with van der Waals surface area (Å²) >= 11 is 9.23. The van der Waals surface area contributed by atoms with Crippen molar-refractivity contribution in [2.24, 2.45) is 4.99 Å². The number of rotatable bonds is 6. The molecule has 2 aromatic heterocycles. The normalized spacial score (nSPS) is 11.1. The Kier molecular flexibility index (Phi) is 9.32. The Bertz CT molecular complexity index is 656. The molecule has 1 N–H and O–H groups in total. The third-order valence-corrected chi connectivity index (χ3v) is 5.30. The molecule has 0 bridgehead atoms. The average molecular weight is 500 g/mol. The molecule has 0 spiro atoms. The van der Waals surface area contributed by atoms with Gasteiger partial charge in [-0.2, -0.15) is 0 Å². The van der Waals surface area contributed by atoms with Crippen LogP contribution < -0.4 is 10.2 Å². The molecule has 24 heavy (non-hydrogen) atoms. The third-order valence-electron chi connectivity index (χ3n) is 3.03. The molecule has 0 amide bonds. The zero-order chi connectivity index (χ0) is 16.8. The van der Waals surface area contributed by atoms with E-state index in [1.807, 2.05) is 32.1 Å². The molecule has 0 aromatic carbocycles. The van der Waals surface area contributed by atoms with Gasteiger partial charge in [0.2, 0.25) is 0 Å². The molecule has 2 aromatic rings. The molecule has 0 aliphatic carbocycles. The highest BCUT2D eigenvalue weighted by molar-refractivity contribution is 14.0. The van der Waals surface area contributed by atoms with E-state index in [2.05, 4.69) is 38.6 Å². The Morgan fingerprint density at radius 2 is 2.08 bits per heavy atom. The van der Waals surface area contributed by atoms with Crippen LogP contribution in [0.15, 0.2) is 22.5 Å². The molecule has 2 heterocycles. The molecular weight excluding hydrogens is 477 g/mol. The molecule has 2 rings (SSSR count). The lowest BCUT2D eigenvalue weighted by atomic mass is 10.4. The van der Waals surface area contributed by atoms with E-state index in [9.17, 15) is 0 Å². The predicted molar refractivity (Wildman–Crippen MR) is 117 cm³/mol. The molecule has 0 aliphatic heterocycles. The van der Waals surface area contributed by atoms with Crippen LogP contribution in [0.3, 0.4) is 0 Å². The predicted octanol–water partition coefficient (Wildman–Crippen LogP) is 4.14. The average Bonchev–Trinajstić information content (AvgIpc) is 3.12. The van der Waals surface area contributed by atoms with Crippen LogP contribution in [0.5, 0.6) is 0 Å². The van der Waals surface area contributed by atoms with Gasteiger partial charge in [0.15, 0.2) is 11.1 Å². The van der Waals surface area contributed by atoms with Gasteiger partial charge in [0.25, 0.3) is 0 Å². The number of nitrogens with one attached hydrogen (secondary N) is 1. The number of thiophene rings is 1. The number of halogens is 2. The van der Waals surface area contributed by atoms with Crippen molar-refractivity contribution in [2.45, 2.75) is 20.0 Å². The maximum absolute atomic E-state index is 6.00. The van der Waals surface area contributed by atoms with Crippen LogP contribution in [0.4, 0.5) is 5.13 Å². The first-order valence-electron chi connectivity index (χ1n) is 7.35. The van der Waals surface area contributed by atoms with E-state index >= 15 is 0 Å².